The second kappa shape index (κ2) is 9.91. The summed E-state index contributed by atoms with van der Waals surface area (Å²) in [5.74, 6) is 0.858. The highest BCUT2D eigenvalue weighted by Gasteiger charge is 2.29. The topological polar surface area (TPSA) is 61.7 Å². The molecule has 4 heteroatoms. The second-order valence-electron chi connectivity index (χ2n) is 6.57. The predicted octanol–water partition coefficient (Wildman–Crippen LogP) is 3.01. The molecule has 4 nitrogen and oxygen atoms in total. The molecule has 0 unspecified atom stereocenters. The van der Waals surface area contributed by atoms with E-state index in [-0.39, 0.29) is 12.1 Å². The summed E-state index contributed by atoms with van der Waals surface area (Å²) in [6, 6.07) is 8.04. The average molecular weight is 321 g/mol. The van der Waals surface area contributed by atoms with Crippen molar-refractivity contribution >= 4 is 0 Å². The van der Waals surface area contributed by atoms with Crippen molar-refractivity contribution in [3.8, 4) is 5.75 Å². The Bertz CT molecular complexity index is 433. The molecule has 2 rings (SSSR count). The molecule has 0 aliphatic carbocycles. The summed E-state index contributed by atoms with van der Waals surface area (Å²) in [5, 5.41) is 21.4. The molecule has 3 N–H and O–H groups in total. The lowest BCUT2D eigenvalue weighted by atomic mass is 10.0. The minimum Gasteiger partial charge on any atom is -0.489 e. The van der Waals surface area contributed by atoms with E-state index >= 15 is 0 Å². The van der Waals surface area contributed by atoms with Gasteiger partial charge in [-0.25, -0.2) is 0 Å². The maximum absolute atomic E-state index is 9.16. The Morgan fingerprint density at radius 1 is 1.09 bits per heavy atom. The Labute approximate surface area is 139 Å². The van der Waals surface area contributed by atoms with Gasteiger partial charge in [-0.1, -0.05) is 51.2 Å². The van der Waals surface area contributed by atoms with Crippen LogP contribution in [0.3, 0.4) is 0 Å². The second-order valence-corrected chi connectivity index (χ2v) is 6.57. The normalized spacial score (nSPS) is 21.0. The molecular weight excluding hydrogens is 290 g/mol. The molecule has 0 spiro atoms. The minimum absolute atomic E-state index is 0.00576. The first-order valence-corrected chi connectivity index (χ1v) is 9.04. The maximum atomic E-state index is 9.16. The van der Waals surface area contributed by atoms with Gasteiger partial charge in [-0.05, 0) is 30.5 Å². The van der Waals surface area contributed by atoms with Crippen molar-refractivity contribution in [1.82, 2.24) is 5.32 Å². The molecule has 0 amide bonds. The van der Waals surface area contributed by atoms with Crippen molar-refractivity contribution < 1.29 is 14.9 Å². The molecule has 2 atom stereocenters. The molecule has 0 aromatic heterocycles. The third kappa shape index (κ3) is 6.50. The van der Waals surface area contributed by atoms with Gasteiger partial charge >= 0.3 is 0 Å². The van der Waals surface area contributed by atoms with Crippen LogP contribution in [0.25, 0.3) is 0 Å². The van der Waals surface area contributed by atoms with Crippen LogP contribution in [0.2, 0.25) is 0 Å². The molecule has 1 saturated heterocycles. The van der Waals surface area contributed by atoms with Gasteiger partial charge in [-0.2, -0.15) is 0 Å². The number of benzene rings is 1. The summed E-state index contributed by atoms with van der Waals surface area (Å²) in [6.45, 7) is 2.90. The van der Waals surface area contributed by atoms with Crippen LogP contribution in [0.1, 0.15) is 57.4 Å². The van der Waals surface area contributed by atoms with E-state index in [0.29, 0.717) is 13.0 Å². The van der Waals surface area contributed by atoms with Gasteiger partial charge in [0.2, 0.25) is 0 Å². The minimum atomic E-state index is -1.32. The Kier molecular flexibility index (Phi) is 7.86. The van der Waals surface area contributed by atoms with Crippen LogP contribution in [0.15, 0.2) is 24.3 Å². The standard InChI is InChI=1S/C19H31NO3/c1-2-3-4-5-6-7-8-15-9-11-16(12-10-15)23-17-13-18(19(21)22)20-14-17/h9-12,17-22H,2-8,13-14H2,1H3/t17-,18+/m0/s1. The quantitative estimate of drug-likeness (QED) is 0.458. The molecule has 0 bridgehead atoms. The van der Waals surface area contributed by atoms with E-state index in [9.17, 15) is 0 Å². The molecule has 1 aliphatic heterocycles. The molecule has 0 saturated carbocycles. The van der Waals surface area contributed by atoms with Crippen LogP contribution < -0.4 is 10.1 Å². The summed E-state index contributed by atoms with van der Waals surface area (Å²) in [5.41, 5.74) is 1.36. The van der Waals surface area contributed by atoms with E-state index in [1.807, 2.05) is 12.1 Å². The third-order valence-electron chi connectivity index (χ3n) is 4.53. The summed E-state index contributed by atoms with van der Waals surface area (Å²) < 4.78 is 5.90. The van der Waals surface area contributed by atoms with Crippen molar-refractivity contribution in [1.29, 1.82) is 0 Å². The van der Waals surface area contributed by atoms with Crippen LogP contribution in [-0.4, -0.2) is 35.2 Å². The van der Waals surface area contributed by atoms with Crippen molar-refractivity contribution in [3.63, 3.8) is 0 Å². The van der Waals surface area contributed by atoms with Crippen LogP contribution in [0, 0.1) is 0 Å². The fourth-order valence-corrected chi connectivity index (χ4v) is 3.09. The first-order chi connectivity index (χ1) is 11.2. The number of hydrogen-bond acceptors (Lipinski definition) is 4. The van der Waals surface area contributed by atoms with E-state index < -0.39 is 6.29 Å². The summed E-state index contributed by atoms with van der Waals surface area (Å²) in [7, 11) is 0. The number of aliphatic hydroxyl groups excluding tert-OH is 1. The van der Waals surface area contributed by atoms with Crippen molar-refractivity contribution in [3.05, 3.63) is 29.8 Å². The van der Waals surface area contributed by atoms with Crippen LogP contribution >= 0.6 is 0 Å². The number of unbranched alkanes of at least 4 members (excludes halogenated alkanes) is 5. The number of hydrogen-bond donors (Lipinski definition) is 3. The highest BCUT2D eigenvalue weighted by atomic mass is 16.5. The first kappa shape index (κ1) is 18.2. The lowest BCUT2D eigenvalue weighted by molar-refractivity contribution is -0.0639. The van der Waals surface area contributed by atoms with Gasteiger partial charge in [0, 0.05) is 13.0 Å². The summed E-state index contributed by atoms with van der Waals surface area (Å²) in [6.07, 6.45) is 8.39. The molecule has 1 aromatic rings. The predicted molar refractivity (Wildman–Crippen MR) is 92.6 cm³/mol. The van der Waals surface area contributed by atoms with Crippen LogP contribution in [-0.2, 0) is 6.42 Å². The zero-order valence-corrected chi connectivity index (χ0v) is 14.2. The van der Waals surface area contributed by atoms with Gasteiger partial charge in [0.1, 0.15) is 11.9 Å². The molecule has 130 valence electrons. The molecule has 1 fully saturated rings. The number of ether oxygens (including phenoxy) is 1. The first-order valence-electron chi connectivity index (χ1n) is 9.04. The highest BCUT2D eigenvalue weighted by molar-refractivity contribution is 5.27. The molecule has 1 aliphatic rings. The Balaban J connectivity index is 1.66. The fraction of sp³-hybridized carbons (Fsp3) is 0.684. The third-order valence-corrected chi connectivity index (χ3v) is 4.53. The van der Waals surface area contributed by atoms with Crippen LogP contribution in [0.4, 0.5) is 0 Å². The summed E-state index contributed by atoms with van der Waals surface area (Å²) >= 11 is 0. The van der Waals surface area contributed by atoms with Gasteiger partial charge in [0.15, 0.2) is 6.29 Å². The monoisotopic (exact) mass is 321 g/mol. The van der Waals surface area contributed by atoms with Gasteiger partial charge in [0.05, 0.1) is 6.04 Å². The Morgan fingerprint density at radius 3 is 2.43 bits per heavy atom. The Hall–Kier alpha value is -1.10. The van der Waals surface area contributed by atoms with E-state index in [2.05, 4.69) is 24.4 Å². The van der Waals surface area contributed by atoms with Gasteiger partial charge < -0.3 is 20.3 Å². The number of nitrogens with one attached hydrogen (secondary N) is 1. The lowest BCUT2D eigenvalue weighted by Crippen LogP contribution is -2.34. The lowest BCUT2D eigenvalue weighted by Gasteiger charge is -2.14. The maximum Gasteiger partial charge on any atom is 0.167 e. The van der Waals surface area contributed by atoms with E-state index in [0.717, 1.165) is 12.2 Å². The van der Waals surface area contributed by atoms with Crippen molar-refractivity contribution in [2.45, 2.75) is 76.7 Å². The fourth-order valence-electron chi connectivity index (χ4n) is 3.09. The van der Waals surface area contributed by atoms with Crippen LogP contribution in [0.5, 0.6) is 5.75 Å². The van der Waals surface area contributed by atoms with Gasteiger partial charge in [0.25, 0.3) is 0 Å². The SMILES string of the molecule is CCCCCCCCc1ccc(O[C@@H]2CN[C@@H](C(O)O)C2)cc1. The zero-order chi connectivity index (χ0) is 16.5. The molecule has 0 radical (unpaired) electrons. The van der Waals surface area contributed by atoms with Crippen molar-refractivity contribution in [2.75, 3.05) is 6.54 Å². The van der Waals surface area contributed by atoms with E-state index in [4.69, 9.17) is 14.9 Å². The number of rotatable bonds is 10. The molecule has 1 aromatic carbocycles. The summed E-state index contributed by atoms with van der Waals surface area (Å²) in [4.78, 5) is 0. The zero-order valence-electron chi connectivity index (χ0n) is 14.2. The largest absolute Gasteiger partial charge is 0.489 e. The molecular formula is C19H31NO3. The highest BCUT2D eigenvalue weighted by Crippen LogP contribution is 2.20. The molecule has 23 heavy (non-hydrogen) atoms. The van der Waals surface area contributed by atoms with Crippen molar-refractivity contribution in [2.24, 2.45) is 0 Å². The Morgan fingerprint density at radius 2 is 1.78 bits per heavy atom. The number of aryl methyl sites for hydroxylation is 1. The molecule has 1 heterocycles. The van der Waals surface area contributed by atoms with E-state index in [1.165, 1.54) is 44.1 Å². The van der Waals surface area contributed by atoms with E-state index in [1.54, 1.807) is 0 Å². The number of aliphatic hydroxyl groups is 2. The van der Waals surface area contributed by atoms with Gasteiger partial charge in [-0.15, -0.1) is 0 Å². The average Bonchev–Trinajstić information content (AvgIpc) is 3.01. The smallest absolute Gasteiger partial charge is 0.167 e. The van der Waals surface area contributed by atoms with Gasteiger partial charge in [-0.3, -0.25) is 0 Å².